The zero-order valence-corrected chi connectivity index (χ0v) is 18.9. The molecule has 0 fully saturated rings. The number of hydrogen-bond acceptors (Lipinski definition) is 8. The summed E-state index contributed by atoms with van der Waals surface area (Å²) in [4.78, 5) is 36.3. The number of anilines is 1. The van der Waals surface area contributed by atoms with Gasteiger partial charge in [-0.2, -0.15) is 0 Å². The second kappa shape index (κ2) is 10.1. The number of carbonyl (C=O) groups is 3. The molecule has 3 aromatic rings. The van der Waals surface area contributed by atoms with Gasteiger partial charge in [-0.1, -0.05) is 36.0 Å². The van der Waals surface area contributed by atoms with Gasteiger partial charge >= 0.3 is 11.9 Å². The number of methoxy groups -OCH3 is 2. The van der Waals surface area contributed by atoms with E-state index in [4.69, 9.17) is 9.47 Å². The van der Waals surface area contributed by atoms with Crippen molar-refractivity contribution in [2.75, 3.05) is 25.3 Å². The lowest BCUT2D eigenvalue weighted by atomic mass is 10.1. The number of thioether (sulfide) groups is 1. The molecule has 0 aliphatic rings. The van der Waals surface area contributed by atoms with Crippen LogP contribution in [0.15, 0.2) is 47.6 Å². The van der Waals surface area contributed by atoms with Crippen molar-refractivity contribution in [1.29, 1.82) is 0 Å². The van der Waals surface area contributed by atoms with Crippen molar-refractivity contribution in [2.45, 2.75) is 12.1 Å². The second-order valence-electron chi connectivity index (χ2n) is 6.80. The minimum absolute atomic E-state index is 0.0513. The predicted molar refractivity (Wildman–Crippen MR) is 120 cm³/mol. The maximum Gasteiger partial charge on any atom is 0.337 e. The number of esters is 2. The minimum atomic E-state index is -0.636. The Kier molecular flexibility index (Phi) is 7.26. The molecule has 1 N–H and O–H groups in total. The number of aromatic nitrogens is 3. The summed E-state index contributed by atoms with van der Waals surface area (Å²) in [6.07, 6.45) is 0. The average Bonchev–Trinajstić information content (AvgIpc) is 3.16. The molecular weight excluding hydrogens is 432 g/mol. The third-order valence-corrected chi connectivity index (χ3v) is 5.63. The van der Waals surface area contributed by atoms with E-state index in [1.165, 1.54) is 44.2 Å². The van der Waals surface area contributed by atoms with Gasteiger partial charge in [0.1, 0.15) is 0 Å². The van der Waals surface area contributed by atoms with Gasteiger partial charge < -0.3 is 19.4 Å². The molecule has 0 radical (unpaired) electrons. The Hall–Kier alpha value is -3.66. The number of aryl methyl sites for hydroxylation is 1. The Morgan fingerprint density at radius 1 is 1.00 bits per heavy atom. The van der Waals surface area contributed by atoms with Gasteiger partial charge in [-0.25, -0.2) is 9.59 Å². The molecule has 9 nitrogen and oxygen atoms in total. The van der Waals surface area contributed by atoms with Crippen LogP contribution in [-0.2, 0) is 21.3 Å². The number of nitrogens with one attached hydrogen (secondary N) is 1. The van der Waals surface area contributed by atoms with Gasteiger partial charge in [-0.15, -0.1) is 10.2 Å². The van der Waals surface area contributed by atoms with Crippen molar-refractivity contribution in [3.63, 3.8) is 0 Å². The van der Waals surface area contributed by atoms with E-state index in [-0.39, 0.29) is 28.5 Å². The van der Waals surface area contributed by atoms with Crippen LogP contribution in [0.25, 0.3) is 11.4 Å². The van der Waals surface area contributed by atoms with Crippen LogP contribution in [0.1, 0.15) is 26.3 Å². The highest BCUT2D eigenvalue weighted by Gasteiger charge is 2.17. The van der Waals surface area contributed by atoms with Crippen LogP contribution < -0.4 is 5.32 Å². The summed E-state index contributed by atoms with van der Waals surface area (Å²) in [5.74, 6) is -0.852. The van der Waals surface area contributed by atoms with Crippen LogP contribution in [0.5, 0.6) is 0 Å². The molecule has 1 heterocycles. The summed E-state index contributed by atoms with van der Waals surface area (Å²) >= 11 is 1.22. The number of carbonyl (C=O) groups excluding carboxylic acids is 3. The van der Waals surface area contributed by atoms with Crippen LogP contribution in [0, 0.1) is 6.92 Å². The molecule has 0 saturated heterocycles. The van der Waals surface area contributed by atoms with E-state index in [2.05, 4.69) is 15.5 Å². The standard InChI is InChI=1S/C22H22N4O5S/c1-13-7-5-6-8-17(13)19-24-25-22(26(19)2)32-12-18(27)23-16-10-14(20(28)30-3)9-15(11-16)21(29)31-4/h5-11H,12H2,1-4H3,(H,23,27). The van der Waals surface area contributed by atoms with E-state index in [9.17, 15) is 14.4 Å². The van der Waals surface area contributed by atoms with Gasteiger partial charge in [0.25, 0.3) is 0 Å². The minimum Gasteiger partial charge on any atom is -0.465 e. The van der Waals surface area contributed by atoms with Gasteiger partial charge in [0.2, 0.25) is 5.91 Å². The number of rotatable bonds is 7. The fourth-order valence-electron chi connectivity index (χ4n) is 3.00. The van der Waals surface area contributed by atoms with Crippen molar-refractivity contribution < 1.29 is 23.9 Å². The van der Waals surface area contributed by atoms with E-state index >= 15 is 0 Å². The Morgan fingerprint density at radius 2 is 1.62 bits per heavy atom. The lowest BCUT2D eigenvalue weighted by Gasteiger charge is -2.10. The first-order valence-corrected chi connectivity index (χ1v) is 10.5. The summed E-state index contributed by atoms with van der Waals surface area (Å²) in [5, 5.41) is 11.7. The maximum absolute atomic E-state index is 12.5. The molecule has 1 amide bonds. The van der Waals surface area contributed by atoms with Crippen LogP contribution in [0.2, 0.25) is 0 Å². The van der Waals surface area contributed by atoms with Crippen LogP contribution in [0.3, 0.4) is 0 Å². The van der Waals surface area contributed by atoms with Gasteiger partial charge in [-0.3, -0.25) is 4.79 Å². The Balaban J connectivity index is 1.72. The molecule has 32 heavy (non-hydrogen) atoms. The first-order valence-electron chi connectivity index (χ1n) is 9.53. The SMILES string of the molecule is COC(=O)c1cc(NC(=O)CSc2nnc(-c3ccccc3C)n2C)cc(C(=O)OC)c1. The number of hydrogen-bond donors (Lipinski definition) is 1. The molecule has 166 valence electrons. The third kappa shape index (κ3) is 5.14. The molecule has 0 bridgehead atoms. The average molecular weight is 455 g/mol. The van der Waals surface area contributed by atoms with Crippen molar-refractivity contribution >= 4 is 35.3 Å². The maximum atomic E-state index is 12.5. The molecule has 0 saturated carbocycles. The summed E-state index contributed by atoms with van der Waals surface area (Å²) < 4.78 is 11.2. The Morgan fingerprint density at radius 3 is 2.22 bits per heavy atom. The molecular formula is C22H22N4O5S. The first kappa shape index (κ1) is 23.0. The molecule has 1 aromatic heterocycles. The quantitative estimate of drug-likeness (QED) is 0.428. The van der Waals surface area contributed by atoms with E-state index in [0.29, 0.717) is 11.0 Å². The number of benzene rings is 2. The molecule has 0 atom stereocenters. The van der Waals surface area contributed by atoms with E-state index in [1.54, 1.807) is 0 Å². The fraction of sp³-hybridized carbons (Fsp3) is 0.227. The summed E-state index contributed by atoms with van der Waals surface area (Å²) in [6.45, 7) is 2.00. The lowest BCUT2D eigenvalue weighted by molar-refractivity contribution is -0.113. The van der Waals surface area contributed by atoms with Crippen LogP contribution >= 0.6 is 11.8 Å². The van der Waals surface area contributed by atoms with Gasteiger partial charge in [0, 0.05) is 18.3 Å². The monoisotopic (exact) mass is 454 g/mol. The van der Waals surface area contributed by atoms with E-state index < -0.39 is 11.9 Å². The second-order valence-corrected chi connectivity index (χ2v) is 7.74. The molecule has 0 spiro atoms. The molecule has 0 aliphatic carbocycles. The van der Waals surface area contributed by atoms with Crippen molar-refractivity contribution in [1.82, 2.24) is 14.8 Å². The molecule has 2 aromatic carbocycles. The smallest absolute Gasteiger partial charge is 0.337 e. The van der Waals surface area contributed by atoms with Crippen molar-refractivity contribution in [3.05, 3.63) is 59.2 Å². The third-order valence-electron chi connectivity index (χ3n) is 4.61. The topological polar surface area (TPSA) is 112 Å². The van der Waals surface area contributed by atoms with Crippen molar-refractivity contribution in [2.24, 2.45) is 7.05 Å². The lowest BCUT2D eigenvalue weighted by Crippen LogP contribution is -2.16. The molecule has 10 heteroatoms. The van der Waals surface area contributed by atoms with Crippen molar-refractivity contribution in [3.8, 4) is 11.4 Å². The summed E-state index contributed by atoms with van der Waals surface area (Å²) in [5.41, 5.74) is 2.56. The zero-order chi connectivity index (χ0) is 23.3. The molecule has 0 unspecified atom stereocenters. The van der Waals surface area contributed by atoms with Gasteiger partial charge in [0.15, 0.2) is 11.0 Å². The highest BCUT2D eigenvalue weighted by Crippen LogP contribution is 2.25. The summed E-state index contributed by atoms with van der Waals surface area (Å²) in [6, 6.07) is 12.1. The predicted octanol–water partition coefficient (Wildman–Crippen LogP) is 3.09. The Bertz CT molecular complexity index is 1140. The number of ether oxygens (including phenoxy) is 2. The number of nitrogens with zero attached hydrogens (tertiary/aromatic N) is 3. The Labute approximate surface area is 189 Å². The number of amides is 1. The summed E-state index contributed by atoms with van der Waals surface area (Å²) in [7, 11) is 4.30. The largest absolute Gasteiger partial charge is 0.465 e. The van der Waals surface area contributed by atoms with Gasteiger partial charge in [-0.05, 0) is 30.7 Å². The molecule has 0 aliphatic heterocycles. The van der Waals surface area contributed by atoms with E-state index in [0.717, 1.165) is 11.1 Å². The zero-order valence-electron chi connectivity index (χ0n) is 18.0. The highest BCUT2D eigenvalue weighted by atomic mass is 32.2. The van der Waals surface area contributed by atoms with Gasteiger partial charge in [0.05, 0.1) is 31.1 Å². The van der Waals surface area contributed by atoms with E-state index in [1.807, 2.05) is 42.8 Å². The van der Waals surface area contributed by atoms with Crippen LogP contribution in [-0.4, -0.2) is 52.6 Å². The first-order chi connectivity index (χ1) is 15.3. The highest BCUT2D eigenvalue weighted by molar-refractivity contribution is 7.99. The molecule has 3 rings (SSSR count). The van der Waals surface area contributed by atoms with Crippen LogP contribution in [0.4, 0.5) is 5.69 Å². The normalized spacial score (nSPS) is 10.5. The fourth-order valence-corrected chi connectivity index (χ4v) is 3.71.